The maximum Gasteiger partial charge on any atom is 0.490 e. The Morgan fingerprint density at radius 3 is 2.11 bits per heavy atom. The molecule has 0 aliphatic carbocycles. The number of alkyl halides is 3. The number of carbonyl (C=O) groups excluding carboxylic acids is 1. The van der Waals surface area contributed by atoms with Crippen molar-refractivity contribution in [2.75, 3.05) is 18.8 Å². The number of carboxylic acids is 1. The van der Waals surface area contributed by atoms with Crippen molar-refractivity contribution in [2.45, 2.75) is 24.9 Å². The number of anilines is 1. The highest BCUT2D eigenvalue weighted by Crippen LogP contribution is 2.29. The second kappa shape index (κ2) is 11.6. The van der Waals surface area contributed by atoms with E-state index in [4.69, 9.17) is 20.4 Å². The van der Waals surface area contributed by atoms with Crippen molar-refractivity contribution in [3.63, 3.8) is 0 Å². The predicted octanol–water partition coefficient (Wildman–Crippen LogP) is 4.78. The minimum atomic E-state index is -5.08. The van der Waals surface area contributed by atoms with Crippen molar-refractivity contribution in [3.8, 4) is 11.5 Å². The van der Waals surface area contributed by atoms with Gasteiger partial charge in [-0.3, -0.25) is 4.79 Å². The first-order chi connectivity index (χ1) is 17.4. The van der Waals surface area contributed by atoms with E-state index >= 15 is 0 Å². The first-order valence-corrected chi connectivity index (χ1v) is 10.9. The number of aliphatic carboxylic acids is 1. The number of hydrogen-bond donors (Lipinski definition) is 2. The second-order valence-electron chi connectivity index (χ2n) is 7.95. The summed E-state index contributed by atoms with van der Waals surface area (Å²) < 4.78 is 64.6. The molecule has 196 valence electrons. The van der Waals surface area contributed by atoms with E-state index in [1.165, 1.54) is 42.5 Å². The molecule has 3 aromatic rings. The van der Waals surface area contributed by atoms with Crippen molar-refractivity contribution >= 4 is 17.7 Å². The third kappa shape index (κ3) is 7.59. The molecule has 2 heterocycles. The van der Waals surface area contributed by atoms with E-state index < -0.39 is 23.8 Å². The number of piperidine rings is 1. The molecule has 0 spiro atoms. The van der Waals surface area contributed by atoms with Crippen molar-refractivity contribution in [2.24, 2.45) is 0 Å². The Balaban J connectivity index is 0.000000479. The van der Waals surface area contributed by atoms with Gasteiger partial charge in [-0.05, 0) is 67.4 Å². The molecule has 0 saturated carbocycles. The van der Waals surface area contributed by atoms with E-state index in [0.29, 0.717) is 24.7 Å². The van der Waals surface area contributed by atoms with Gasteiger partial charge in [0.25, 0.3) is 5.91 Å². The lowest BCUT2D eigenvalue weighted by molar-refractivity contribution is -0.192. The summed E-state index contributed by atoms with van der Waals surface area (Å²) in [6.07, 6.45) is -3.59. The molecule has 0 radical (unpaired) electrons. The lowest BCUT2D eigenvalue weighted by atomic mass is 9.93. The quantitative estimate of drug-likeness (QED) is 0.472. The zero-order valence-corrected chi connectivity index (χ0v) is 19.1. The van der Waals surface area contributed by atoms with E-state index in [-0.39, 0.29) is 23.1 Å². The van der Waals surface area contributed by atoms with Crippen LogP contribution in [0, 0.1) is 11.6 Å². The molecule has 3 N–H and O–H groups in total. The van der Waals surface area contributed by atoms with Crippen LogP contribution < -0.4 is 10.5 Å². The number of nitrogens with two attached hydrogens (primary N) is 1. The van der Waals surface area contributed by atoms with Crippen LogP contribution in [0.5, 0.6) is 11.5 Å². The second-order valence-corrected chi connectivity index (χ2v) is 7.95. The minimum Gasteiger partial charge on any atom is -0.475 e. The Morgan fingerprint density at radius 1 is 0.973 bits per heavy atom. The molecule has 13 heteroatoms. The van der Waals surface area contributed by atoms with Crippen LogP contribution in [-0.4, -0.2) is 51.3 Å². The number of benzene rings is 2. The smallest absolute Gasteiger partial charge is 0.475 e. The summed E-state index contributed by atoms with van der Waals surface area (Å²) in [4.78, 5) is 23.4. The number of carbonyl (C=O) groups is 2. The van der Waals surface area contributed by atoms with E-state index in [1.54, 1.807) is 11.0 Å². The molecule has 1 aliphatic rings. The number of carboxylic acid groups (broad SMARTS) is 1. The Labute approximate surface area is 207 Å². The molecular weight excluding hydrogens is 503 g/mol. The molecular formula is C24H21F5N4O4. The third-order valence-electron chi connectivity index (χ3n) is 5.37. The van der Waals surface area contributed by atoms with Crippen molar-refractivity contribution < 1.29 is 41.4 Å². The fraction of sp³-hybridized carbons (Fsp3) is 0.250. The number of nitrogen functional groups attached to an aromatic ring is 1. The van der Waals surface area contributed by atoms with E-state index in [0.717, 1.165) is 18.5 Å². The number of ether oxygens (including phenoxy) is 1. The minimum absolute atomic E-state index is 0.0289. The van der Waals surface area contributed by atoms with Gasteiger partial charge in [-0.2, -0.15) is 18.3 Å². The molecule has 4 rings (SSSR count). The SMILES string of the molecule is Nc1ccc(C2CCN(C(=O)c3ccc(Oc4ccc(F)cc4)c(F)c3)CC2)nn1.O=C(O)C(F)(F)F. The maximum absolute atomic E-state index is 14.5. The normalized spacial score (nSPS) is 13.9. The Hall–Kier alpha value is -4.29. The number of likely N-dealkylation sites (tertiary alicyclic amines) is 1. The van der Waals surface area contributed by atoms with Gasteiger partial charge in [-0.25, -0.2) is 13.6 Å². The molecule has 37 heavy (non-hydrogen) atoms. The molecule has 1 aliphatic heterocycles. The molecule has 8 nitrogen and oxygen atoms in total. The van der Waals surface area contributed by atoms with Crippen LogP contribution in [0.25, 0.3) is 0 Å². The van der Waals surface area contributed by atoms with Crippen LogP contribution in [-0.2, 0) is 4.79 Å². The van der Waals surface area contributed by atoms with Gasteiger partial charge in [0.1, 0.15) is 17.4 Å². The van der Waals surface area contributed by atoms with E-state index in [2.05, 4.69) is 10.2 Å². The first kappa shape index (κ1) is 27.3. The van der Waals surface area contributed by atoms with Gasteiger partial charge < -0.3 is 20.5 Å². The summed E-state index contributed by atoms with van der Waals surface area (Å²) in [6, 6.07) is 12.9. The number of hydrogen-bond acceptors (Lipinski definition) is 6. The molecule has 0 atom stereocenters. The monoisotopic (exact) mass is 524 g/mol. The Bertz CT molecular complexity index is 1230. The van der Waals surface area contributed by atoms with Crippen LogP contribution >= 0.6 is 0 Å². The first-order valence-electron chi connectivity index (χ1n) is 10.9. The Kier molecular flexibility index (Phi) is 8.58. The standard InChI is InChI=1S/C22H20F2N4O2.C2HF3O2/c23-16-2-4-17(5-3-16)30-20-7-1-15(13-18(20)24)22(29)28-11-9-14(10-12-28)19-6-8-21(25)27-26-19;3-2(4,5)1(6)7/h1-8,13-14H,9-12H2,(H2,25,27);(H,6,7). The lowest BCUT2D eigenvalue weighted by Crippen LogP contribution is -2.38. The summed E-state index contributed by atoms with van der Waals surface area (Å²) in [5.74, 6) is -3.18. The lowest BCUT2D eigenvalue weighted by Gasteiger charge is -2.31. The van der Waals surface area contributed by atoms with Gasteiger partial charge in [-0.15, -0.1) is 5.10 Å². The molecule has 1 fully saturated rings. The molecule has 1 amide bonds. The zero-order valence-electron chi connectivity index (χ0n) is 19.1. The summed E-state index contributed by atoms with van der Waals surface area (Å²) in [6.45, 7) is 1.09. The highest BCUT2D eigenvalue weighted by Gasteiger charge is 2.38. The molecule has 0 unspecified atom stereocenters. The highest BCUT2D eigenvalue weighted by atomic mass is 19.4. The van der Waals surface area contributed by atoms with Gasteiger partial charge >= 0.3 is 12.1 Å². The van der Waals surface area contributed by atoms with Gasteiger partial charge in [-0.1, -0.05) is 0 Å². The number of rotatable bonds is 4. The number of aromatic nitrogens is 2. The van der Waals surface area contributed by atoms with Crippen LogP contribution in [0.1, 0.15) is 34.8 Å². The van der Waals surface area contributed by atoms with Gasteiger partial charge in [0, 0.05) is 24.6 Å². The van der Waals surface area contributed by atoms with E-state index in [1.807, 2.05) is 6.07 Å². The predicted molar refractivity (Wildman–Crippen MR) is 121 cm³/mol. The van der Waals surface area contributed by atoms with Gasteiger partial charge in [0.05, 0.1) is 5.69 Å². The average molecular weight is 524 g/mol. The van der Waals surface area contributed by atoms with Crippen molar-refractivity contribution in [1.29, 1.82) is 0 Å². The summed E-state index contributed by atoms with van der Waals surface area (Å²) in [7, 11) is 0. The summed E-state index contributed by atoms with van der Waals surface area (Å²) in [5.41, 5.74) is 6.69. The zero-order chi connectivity index (χ0) is 27.2. The van der Waals surface area contributed by atoms with Crippen LogP contribution in [0.3, 0.4) is 0 Å². The topological polar surface area (TPSA) is 119 Å². The highest BCUT2D eigenvalue weighted by molar-refractivity contribution is 5.94. The van der Waals surface area contributed by atoms with Crippen LogP contribution in [0.2, 0.25) is 0 Å². The van der Waals surface area contributed by atoms with Crippen LogP contribution in [0.15, 0.2) is 54.6 Å². The fourth-order valence-corrected chi connectivity index (χ4v) is 3.48. The third-order valence-corrected chi connectivity index (χ3v) is 5.37. The van der Waals surface area contributed by atoms with Gasteiger partial charge in [0.15, 0.2) is 11.6 Å². The molecule has 0 bridgehead atoms. The number of nitrogens with zero attached hydrogens (tertiary/aromatic N) is 3. The largest absolute Gasteiger partial charge is 0.490 e. The number of amides is 1. The molecule has 1 aromatic heterocycles. The number of halogens is 5. The van der Waals surface area contributed by atoms with Crippen molar-refractivity contribution in [1.82, 2.24) is 15.1 Å². The average Bonchev–Trinajstić information content (AvgIpc) is 2.86. The Morgan fingerprint density at radius 2 is 1.59 bits per heavy atom. The summed E-state index contributed by atoms with van der Waals surface area (Å²) in [5, 5.41) is 15.1. The maximum atomic E-state index is 14.5. The van der Waals surface area contributed by atoms with Gasteiger partial charge in [0.2, 0.25) is 0 Å². The van der Waals surface area contributed by atoms with E-state index in [9.17, 15) is 26.7 Å². The summed E-state index contributed by atoms with van der Waals surface area (Å²) >= 11 is 0. The molecule has 1 saturated heterocycles. The fourth-order valence-electron chi connectivity index (χ4n) is 3.48. The van der Waals surface area contributed by atoms with Crippen molar-refractivity contribution in [3.05, 3.63) is 77.5 Å². The molecule has 2 aromatic carbocycles. The van der Waals surface area contributed by atoms with Crippen LogP contribution in [0.4, 0.5) is 27.8 Å².